The van der Waals surface area contributed by atoms with Crippen molar-refractivity contribution in [1.82, 2.24) is 5.32 Å². The zero-order valence-corrected chi connectivity index (χ0v) is 42.7. The molecule has 0 radical (unpaired) electrons. The fourth-order valence-electron chi connectivity index (χ4n) is 9.18. The summed E-state index contributed by atoms with van der Waals surface area (Å²) >= 11 is 0. The van der Waals surface area contributed by atoms with Gasteiger partial charge in [-0.2, -0.15) is 0 Å². The quantitative estimate of drug-likeness (QED) is 0.0313. The molecule has 3 rings (SSSR count). The van der Waals surface area contributed by atoms with Gasteiger partial charge in [-0.3, -0.25) is 4.79 Å². The Bertz CT molecular complexity index is 1410. The van der Waals surface area contributed by atoms with Gasteiger partial charge >= 0.3 is 0 Å². The maximum atomic E-state index is 13.2. The lowest BCUT2D eigenvalue weighted by atomic mass is 9.96. The van der Waals surface area contributed by atoms with Crippen LogP contribution < -0.4 is 5.32 Å². The fraction of sp³-hybridized carbons (Fsp3) is 0.904. The molecule has 0 saturated carbocycles. The summed E-state index contributed by atoms with van der Waals surface area (Å²) in [5, 5.41) is 120. The Morgan fingerprint density at radius 1 is 0.493 bits per heavy atom. The zero-order valence-electron chi connectivity index (χ0n) is 42.7. The molecule has 0 aliphatic carbocycles. The second-order valence-corrected chi connectivity index (χ2v) is 19.7. The minimum atomic E-state index is -1.98. The van der Waals surface area contributed by atoms with Gasteiger partial charge in [0, 0.05) is 6.42 Å². The number of amides is 1. The highest BCUT2D eigenvalue weighted by atomic mass is 16.8. The van der Waals surface area contributed by atoms with E-state index in [-0.39, 0.29) is 18.9 Å². The number of nitrogens with one attached hydrogen (secondary N) is 1. The van der Waals surface area contributed by atoms with Crippen molar-refractivity contribution in [2.75, 3.05) is 26.4 Å². The van der Waals surface area contributed by atoms with Crippen LogP contribution in [0.2, 0.25) is 0 Å². The van der Waals surface area contributed by atoms with Crippen LogP contribution in [-0.2, 0) is 33.2 Å². The lowest BCUT2D eigenvalue weighted by Crippen LogP contribution is -2.66. The van der Waals surface area contributed by atoms with Crippen molar-refractivity contribution in [3.63, 3.8) is 0 Å². The lowest BCUT2D eigenvalue weighted by molar-refractivity contribution is -0.379. The van der Waals surface area contributed by atoms with E-state index < -0.39 is 124 Å². The van der Waals surface area contributed by atoms with Crippen molar-refractivity contribution in [2.45, 2.75) is 272 Å². The maximum Gasteiger partial charge on any atom is 0.220 e. The van der Waals surface area contributed by atoms with E-state index in [1.165, 1.54) is 83.5 Å². The normalized spacial score (nSPS) is 32.4. The molecule has 0 spiro atoms. The average molecular weight is 1020 g/mol. The maximum absolute atomic E-state index is 13.2. The molecule has 0 aromatic carbocycles. The van der Waals surface area contributed by atoms with Crippen LogP contribution in [0.25, 0.3) is 0 Å². The van der Waals surface area contributed by atoms with Gasteiger partial charge in [0.25, 0.3) is 0 Å². The van der Waals surface area contributed by atoms with E-state index >= 15 is 0 Å². The highest BCUT2D eigenvalue weighted by Gasteiger charge is 2.53. The Labute approximate surface area is 422 Å². The van der Waals surface area contributed by atoms with Gasteiger partial charge in [0.05, 0.1) is 38.6 Å². The van der Waals surface area contributed by atoms with Crippen LogP contribution in [0.4, 0.5) is 0 Å². The van der Waals surface area contributed by atoms with Gasteiger partial charge < -0.3 is 89.9 Å². The van der Waals surface area contributed by atoms with Crippen molar-refractivity contribution in [3.05, 3.63) is 24.3 Å². The minimum Gasteiger partial charge on any atom is -0.394 e. The highest BCUT2D eigenvalue weighted by Crippen LogP contribution is 2.33. The molecule has 12 N–H and O–H groups in total. The molecule has 0 aromatic heterocycles. The number of carbonyl (C=O) groups excluding carboxylic acids is 1. The predicted octanol–water partition coefficient (Wildman–Crippen LogP) is 2.81. The second kappa shape index (κ2) is 37.1. The van der Waals surface area contributed by atoms with E-state index in [9.17, 15) is 61.0 Å². The largest absolute Gasteiger partial charge is 0.394 e. The summed E-state index contributed by atoms with van der Waals surface area (Å²) in [7, 11) is 0. The van der Waals surface area contributed by atoms with E-state index in [2.05, 4.69) is 31.3 Å². The van der Waals surface area contributed by atoms with Crippen molar-refractivity contribution in [1.29, 1.82) is 0 Å². The predicted molar refractivity (Wildman–Crippen MR) is 263 cm³/mol. The first-order valence-corrected chi connectivity index (χ1v) is 27.1. The van der Waals surface area contributed by atoms with E-state index in [1.807, 2.05) is 6.08 Å². The topological polar surface area (TPSA) is 307 Å². The third kappa shape index (κ3) is 22.6. The van der Waals surface area contributed by atoms with Gasteiger partial charge in [-0.1, -0.05) is 141 Å². The Morgan fingerprint density at radius 2 is 0.887 bits per heavy atom. The molecule has 17 unspecified atom stereocenters. The van der Waals surface area contributed by atoms with Crippen LogP contribution in [0.3, 0.4) is 0 Å². The van der Waals surface area contributed by atoms with Crippen LogP contribution in [0.5, 0.6) is 0 Å². The lowest BCUT2D eigenvalue weighted by Gasteiger charge is -2.48. The standard InChI is InChI=1S/C52H95NO18/c1-3-5-7-9-11-13-14-15-16-17-18-19-20-22-24-26-28-30-40(58)53-35(36(57)29-27-25-23-21-12-10-8-6-4-2)34-66-50-46(64)43(61)48(38(32-55)68-50)71-52-47(65)44(62)49(39(33-56)69-52)70-51-45(63)42(60)41(59)37(31-54)67-51/h15-16,27,29,35-39,41-52,54-57,59-65H,3-14,17-26,28,30-34H2,1-2H3,(H,53,58)/b16-15-,29-27+. The number of hydrogen-bond acceptors (Lipinski definition) is 18. The van der Waals surface area contributed by atoms with Gasteiger partial charge in [-0.25, -0.2) is 0 Å². The number of carbonyl (C=O) groups is 1. The first-order chi connectivity index (χ1) is 34.3. The monoisotopic (exact) mass is 1020 g/mol. The van der Waals surface area contributed by atoms with E-state index in [4.69, 9.17) is 28.4 Å². The summed E-state index contributed by atoms with van der Waals surface area (Å²) in [6.07, 6.45) is 7.60. The van der Waals surface area contributed by atoms with Crippen LogP contribution in [0.1, 0.15) is 168 Å². The molecule has 3 aliphatic heterocycles. The number of rotatable bonds is 38. The van der Waals surface area contributed by atoms with Crippen LogP contribution >= 0.6 is 0 Å². The first-order valence-electron chi connectivity index (χ1n) is 27.1. The molecule has 1 amide bonds. The van der Waals surface area contributed by atoms with E-state index in [0.717, 1.165) is 57.8 Å². The first kappa shape index (κ1) is 63.6. The number of hydrogen-bond donors (Lipinski definition) is 12. The molecule has 0 bridgehead atoms. The number of unbranched alkanes of at least 4 members (excludes halogenated alkanes) is 20. The van der Waals surface area contributed by atoms with Crippen LogP contribution in [-0.4, -0.2) is 193 Å². The number of aliphatic hydroxyl groups is 11. The molecule has 19 heteroatoms. The molecule has 19 nitrogen and oxygen atoms in total. The Hall–Kier alpha value is -1.73. The average Bonchev–Trinajstić information content (AvgIpc) is 3.36. The second-order valence-electron chi connectivity index (χ2n) is 19.7. The van der Waals surface area contributed by atoms with Crippen LogP contribution in [0, 0.1) is 0 Å². The van der Waals surface area contributed by atoms with E-state index in [1.54, 1.807) is 6.08 Å². The van der Waals surface area contributed by atoms with Gasteiger partial charge in [0.1, 0.15) is 73.2 Å². The molecular formula is C52H95NO18. The van der Waals surface area contributed by atoms with Crippen molar-refractivity contribution in [2.24, 2.45) is 0 Å². The Balaban J connectivity index is 1.52. The van der Waals surface area contributed by atoms with Crippen molar-refractivity contribution in [3.8, 4) is 0 Å². The molecular weight excluding hydrogens is 927 g/mol. The SMILES string of the molecule is CCCCCCCC/C=C\CCCCCCCCCC(=O)NC(COC1OC(CO)C(OC2OC(CO)C(OC3OC(CO)C(O)C(O)C3O)C(O)C2O)C(O)C1O)C(O)/C=C/CCCCCCCCC. The smallest absolute Gasteiger partial charge is 0.220 e. The Kier molecular flexibility index (Phi) is 33.2. The summed E-state index contributed by atoms with van der Waals surface area (Å²) < 4.78 is 34.1. The molecule has 3 fully saturated rings. The van der Waals surface area contributed by atoms with Gasteiger partial charge in [-0.05, 0) is 44.9 Å². The van der Waals surface area contributed by atoms with Crippen molar-refractivity contribution < 1.29 is 89.4 Å². The Morgan fingerprint density at radius 3 is 1.37 bits per heavy atom. The van der Waals surface area contributed by atoms with Crippen molar-refractivity contribution >= 4 is 5.91 Å². The minimum absolute atomic E-state index is 0.239. The number of allylic oxidation sites excluding steroid dienone is 3. The molecule has 71 heavy (non-hydrogen) atoms. The molecule has 0 aromatic rings. The summed E-state index contributed by atoms with van der Waals surface area (Å²) in [6, 6.07) is -0.969. The third-order valence-electron chi connectivity index (χ3n) is 13.7. The zero-order chi connectivity index (χ0) is 52.0. The van der Waals surface area contributed by atoms with E-state index in [0.29, 0.717) is 6.42 Å². The summed E-state index contributed by atoms with van der Waals surface area (Å²) in [6.45, 7) is 1.65. The summed E-state index contributed by atoms with van der Waals surface area (Å²) in [4.78, 5) is 13.2. The number of ether oxygens (including phenoxy) is 6. The third-order valence-corrected chi connectivity index (χ3v) is 13.7. The fourth-order valence-corrected chi connectivity index (χ4v) is 9.18. The van der Waals surface area contributed by atoms with Gasteiger partial charge in [0.2, 0.25) is 5.91 Å². The molecule has 416 valence electrons. The van der Waals surface area contributed by atoms with Gasteiger partial charge in [-0.15, -0.1) is 0 Å². The summed E-state index contributed by atoms with van der Waals surface area (Å²) in [5.41, 5.74) is 0. The number of aliphatic hydroxyl groups excluding tert-OH is 11. The molecule has 17 atom stereocenters. The molecule has 3 saturated heterocycles. The van der Waals surface area contributed by atoms with Gasteiger partial charge in [0.15, 0.2) is 18.9 Å². The van der Waals surface area contributed by atoms with Crippen LogP contribution in [0.15, 0.2) is 24.3 Å². The molecule has 3 heterocycles. The summed E-state index contributed by atoms with van der Waals surface area (Å²) in [5.74, 6) is -0.284. The highest BCUT2D eigenvalue weighted by molar-refractivity contribution is 5.76. The molecule has 3 aliphatic rings.